The molecule has 0 spiro atoms. The van der Waals surface area contributed by atoms with Crippen LogP contribution in [0.4, 0.5) is 24.7 Å². The summed E-state index contributed by atoms with van der Waals surface area (Å²) < 4.78 is 42.3. The smallest absolute Gasteiger partial charge is 0.251 e. The van der Waals surface area contributed by atoms with E-state index < -0.39 is 47.6 Å². The van der Waals surface area contributed by atoms with Crippen molar-refractivity contribution < 1.29 is 27.6 Å². The van der Waals surface area contributed by atoms with Crippen molar-refractivity contribution >= 4 is 29.2 Å². The normalized spacial score (nSPS) is 19.0. The molecular weight excluding hydrogens is 561 g/mol. The van der Waals surface area contributed by atoms with Crippen molar-refractivity contribution in [2.75, 3.05) is 9.80 Å². The zero-order valence-electron chi connectivity index (χ0n) is 23.3. The first kappa shape index (κ1) is 29.7. The Bertz CT molecular complexity index is 1580. The van der Waals surface area contributed by atoms with E-state index in [1.807, 2.05) is 6.07 Å². The van der Waals surface area contributed by atoms with Gasteiger partial charge in [-0.2, -0.15) is 5.26 Å². The van der Waals surface area contributed by atoms with E-state index in [1.165, 1.54) is 29.4 Å². The fraction of sp³-hybridized carbons (Fsp3) is 0.355. The number of pyridine rings is 2. The van der Waals surface area contributed by atoms with E-state index in [4.69, 9.17) is 0 Å². The summed E-state index contributed by atoms with van der Waals surface area (Å²) in [6, 6.07) is 9.75. The SMILES string of the molecule is Cc1ccccc1C(C(=O)NC1CCC(F)(F)CC1)N(C(=O)C1CCC(=O)N1c1cc(C#N)ccn1)c1cncc(F)c1. The average molecular weight is 591 g/mol. The minimum atomic E-state index is -2.80. The van der Waals surface area contributed by atoms with Crippen LogP contribution >= 0.6 is 0 Å². The molecule has 12 heteroatoms. The Kier molecular flexibility index (Phi) is 8.43. The molecule has 1 aliphatic carbocycles. The standard InChI is InChI=1S/C31H29F3N6O3/c1-19-4-2-3-5-24(19)28(29(42)38-22-8-11-31(33,34)12-9-22)39(23-15-21(32)17-36-18-23)30(43)25-6-7-27(41)40(25)26-14-20(16-35)10-13-37-26/h2-5,10,13-15,17-18,22,25,28H,6-9,11-12H2,1H3,(H,38,42). The molecule has 3 heterocycles. The molecule has 2 atom stereocenters. The lowest BCUT2D eigenvalue weighted by molar-refractivity contribution is -0.128. The van der Waals surface area contributed by atoms with Crippen molar-refractivity contribution in [2.24, 2.45) is 0 Å². The third kappa shape index (κ3) is 6.35. The Morgan fingerprint density at radius 1 is 1.14 bits per heavy atom. The number of nitriles is 1. The second-order valence-electron chi connectivity index (χ2n) is 10.8. The lowest BCUT2D eigenvalue weighted by Gasteiger charge is -2.37. The number of carbonyl (C=O) groups excluding carboxylic acids is 3. The summed E-state index contributed by atoms with van der Waals surface area (Å²) in [5, 5.41) is 12.2. The number of nitrogens with one attached hydrogen (secondary N) is 1. The highest BCUT2D eigenvalue weighted by Crippen LogP contribution is 2.36. The van der Waals surface area contributed by atoms with E-state index in [9.17, 15) is 32.8 Å². The Balaban J connectivity index is 1.59. The first-order valence-electron chi connectivity index (χ1n) is 13.9. The van der Waals surface area contributed by atoms with Gasteiger partial charge in [0.25, 0.3) is 5.91 Å². The molecule has 3 aromatic rings. The number of amides is 3. The lowest BCUT2D eigenvalue weighted by Crippen LogP contribution is -2.53. The third-order valence-electron chi connectivity index (χ3n) is 7.88. The van der Waals surface area contributed by atoms with E-state index >= 15 is 0 Å². The van der Waals surface area contributed by atoms with Gasteiger partial charge < -0.3 is 5.32 Å². The summed E-state index contributed by atoms with van der Waals surface area (Å²) in [4.78, 5) is 52.2. The van der Waals surface area contributed by atoms with Gasteiger partial charge in [0.2, 0.25) is 17.7 Å². The van der Waals surface area contributed by atoms with Crippen molar-refractivity contribution in [1.82, 2.24) is 15.3 Å². The van der Waals surface area contributed by atoms with Gasteiger partial charge in [-0.05, 0) is 49.4 Å². The second kappa shape index (κ2) is 12.2. The molecule has 5 rings (SSSR count). The fourth-order valence-corrected chi connectivity index (χ4v) is 5.68. The Morgan fingerprint density at radius 2 is 1.88 bits per heavy atom. The Labute approximate surface area is 246 Å². The maximum absolute atomic E-state index is 14.6. The van der Waals surface area contributed by atoms with Gasteiger partial charge in [-0.15, -0.1) is 0 Å². The van der Waals surface area contributed by atoms with Gasteiger partial charge in [0, 0.05) is 37.6 Å². The van der Waals surface area contributed by atoms with Crippen LogP contribution in [-0.4, -0.2) is 45.7 Å². The molecule has 0 bridgehead atoms. The van der Waals surface area contributed by atoms with Crippen molar-refractivity contribution in [1.29, 1.82) is 5.26 Å². The number of hydrogen-bond donors (Lipinski definition) is 1. The number of aryl methyl sites for hydroxylation is 1. The summed E-state index contributed by atoms with van der Waals surface area (Å²) >= 11 is 0. The molecule has 0 radical (unpaired) electrons. The predicted molar refractivity (Wildman–Crippen MR) is 150 cm³/mol. The largest absolute Gasteiger partial charge is 0.351 e. The molecule has 1 aromatic carbocycles. The van der Waals surface area contributed by atoms with Crippen LogP contribution in [0.5, 0.6) is 0 Å². The Morgan fingerprint density at radius 3 is 2.58 bits per heavy atom. The first-order chi connectivity index (χ1) is 20.6. The van der Waals surface area contributed by atoms with E-state index in [0.29, 0.717) is 11.1 Å². The van der Waals surface area contributed by atoms with Gasteiger partial charge in [-0.25, -0.2) is 18.2 Å². The highest BCUT2D eigenvalue weighted by Gasteiger charge is 2.45. The topological polar surface area (TPSA) is 119 Å². The number of aromatic nitrogens is 2. The molecule has 2 unspecified atom stereocenters. The molecule has 9 nitrogen and oxygen atoms in total. The third-order valence-corrected chi connectivity index (χ3v) is 7.88. The van der Waals surface area contributed by atoms with E-state index in [-0.39, 0.29) is 55.6 Å². The molecule has 2 fully saturated rings. The average Bonchev–Trinajstić information content (AvgIpc) is 3.38. The molecule has 2 aliphatic rings. The number of halogens is 3. The van der Waals surface area contributed by atoms with E-state index in [0.717, 1.165) is 17.2 Å². The molecular formula is C31H29F3N6O3. The number of rotatable bonds is 7. The fourth-order valence-electron chi connectivity index (χ4n) is 5.68. The van der Waals surface area contributed by atoms with Crippen LogP contribution in [0.3, 0.4) is 0 Å². The zero-order chi connectivity index (χ0) is 30.7. The highest BCUT2D eigenvalue weighted by atomic mass is 19.3. The van der Waals surface area contributed by atoms with Crippen LogP contribution in [0.1, 0.15) is 61.3 Å². The van der Waals surface area contributed by atoms with Gasteiger partial charge in [0.05, 0.1) is 29.7 Å². The number of nitrogens with zero attached hydrogens (tertiary/aromatic N) is 5. The van der Waals surface area contributed by atoms with Gasteiger partial charge in [0.15, 0.2) is 0 Å². The molecule has 222 valence electrons. The van der Waals surface area contributed by atoms with Crippen LogP contribution in [0.15, 0.2) is 61.1 Å². The van der Waals surface area contributed by atoms with Crippen LogP contribution in [0.25, 0.3) is 0 Å². The minimum Gasteiger partial charge on any atom is -0.351 e. The van der Waals surface area contributed by atoms with Crippen molar-refractivity contribution in [3.8, 4) is 6.07 Å². The van der Waals surface area contributed by atoms with Gasteiger partial charge >= 0.3 is 0 Å². The molecule has 1 aliphatic heterocycles. The summed E-state index contributed by atoms with van der Waals surface area (Å²) in [7, 11) is 0. The van der Waals surface area contributed by atoms with Crippen molar-refractivity contribution in [3.05, 3.63) is 83.6 Å². The van der Waals surface area contributed by atoms with Crippen LogP contribution < -0.4 is 15.1 Å². The van der Waals surface area contributed by atoms with E-state index in [2.05, 4.69) is 15.3 Å². The minimum absolute atomic E-state index is 0.00161. The quantitative estimate of drug-likeness (QED) is 0.424. The highest BCUT2D eigenvalue weighted by molar-refractivity contribution is 6.10. The van der Waals surface area contributed by atoms with Crippen LogP contribution in [0, 0.1) is 24.1 Å². The van der Waals surface area contributed by atoms with Gasteiger partial charge in [0.1, 0.15) is 23.7 Å². The predicted octanol–water partition coefficient (Wildman–Crippen LogP) is 4.76. The number of carbonyl (C=O) groups is 3. The molecule has 2 aromatic heterocycles. The van der Waals surface area contributed by atoms with E-state index in [1.54, 1.807) is 31.2 Å². The molecule has 1 N–H and O–H groups in total. The van der Waals surface area contributed by atoms with Gasteiger partial charge in [-0.3, -0.25) is 29.2 Å². The maximum atomic E-state index is 14.6. The number of alkyl halides is 2. The number of anilines is 2. The summed E-state index contributed by atoms with van der Waals surface area (Å²) in [6.07, 6.45) is 3.00. The van der Waals surface area contributed by atoms with Gasteiger partial charge in [-0.1, -0.05) is 24.3 Å². The number of hydrogen-bond acceptors (Lipinski definition) is 6. The first-order valence-corrected chi connectivity index (χ1v) is 13.9. The summed E-state index contributed by atoms with van der Waals surface area (Å²) in [6.45, 7) is 1.76. The van der Waals surface area contributed by atoms with Crippen LogP contribution in [0.2, 0.25) is 0 Å². The summed E-state index contributed by atoms with van der Waals surface area (Å²) in [5.41, 5.74) is 1.29. The zero-order valence-corrected chi connectivity index (χ0v) is 23.3. The maximum Gasteiger partial charge on any atom is 0.251 e. The number of benzene rings is 1. The Hall–Kier alpha value is -4.79. The summed E-state index contributed by atoms with van der Waals surface area (Å²) in [5.74, 6) is -5.20. The van der Waals surface area contributed by atoms with Crippen LogP contribution in [-0.2, 0) is 14.4 Å². The van der Waals surface area contributed by atoms with Crippen molar-refractivity contribution in [2.45, 2.75) is 69.5 Å². The van der Waals surface area contributed by atoms with Crippen molar-refractivity contribution in [3.63, 3.8) is 0 Å². The monoisotopic (exact) mass is 590 g/mol. The lowest BCUT2D eigenvalue weighted by atomic mass is 9.91. The second-order valence-corrected chi connectivity index (χ2v) is 10.8. The molecule has 3 amide bonds. The molecule has 1 saturated carbocycles. The molecule has 43 heavy (non-hydrogen) atoms. The molecule has 1 saturated heterocycles.